The second-order valence-corrected chi connectivity index (χ2v) is 10.8. The minimum Gasteiger partial charge on any atom is -0.494 e. The highest BCUT2D eigenvalue weighted by Gasteiger charge is 2.56. The van der Waals surface area contributed by atoms with Crippen molar-refractivity contribution < 1.29 is 9.53 Å². The molecular formula is C29H38N2O2. The van der Waals surface area contributed by atoms with E-state index in [1.54, 1.807) is 4.68 Å². The summed E-state index contributed by atoms with van der Waals surface area (Å²) in [5, 5.41) is 4.27. The first kappa shape index (κ1) is 22.4. The number of ether oxygens (including phenoxy) is 1. The van der Waals surface area contributed by atoms with Gasteiger partial charge in [0.05, 0.1) is 12.8 Å². The maximum atomic E-state index is 13.5. The number of benzene rings is 1. The van der Waals surface area contributed by atoms with E-state index in [-0.39, 0.29) is 5.41 Å². The lowest BCUT2D eigenvalue weighted by atomic mass is 9.55. The fraction of sp³-hybridized carbons (Fsp3) is 0.586. The highest BCUT2D eigenvalue weighted by molar-refractivity contribution is 6.05. The van der Waals surface area contributed by atoms with E-state index in [9.17, 15) is 4.79 Å². The molecule has 0 radical (unpaired) electrons. The van der Waals surface area contributed by atoms with Gasteiger partial charge in [-0.2, -0.15) is 5.10 Å². The van der Waals surface area contributed by atoms with Crippen LogP contribution >= 0.6 is 0 Å². The Morgan fingerprint density at radius 1 is 1.24 bits per heavy atom. The first-order valence-corrected chi connectivity index (χ1v) is 13.0. The molecule has 0 unspecified atom stereocenters. The Morgan fingerprint density at radius 3 is 2.91 bits per heavy atom. The zero-order valence-corrected chi connectivity index (χ0v) is 20.5. The van der Waals surface area contributed by atoms with Crippen molar-refractivity contribution in [3.8, 4) is 5.75 Å². The van der Waals surface area contributed by atoms with Crippen molar-refractivity contribution in [3.63, 3.8) is 0 Å². The highest BCUT2D eigenvalue weighted by Crippen LogP contribution is 2.60. The van der Waals surface area contributed by atoms with Crippen molar-refractivity contribution in [1.82, 2.24) is 9.78 Å². The fourth-order valence-electron chi connectivity index (χ4n) is 6.88. The molecule has 4 nitrogen and oxygen atoms in total. The molecule has 4 atom stereocenters. The third-order valence-corrected chi connectivity index (χ3v) is 8.67. The van der Waals surface area contributed by atoms with Crippen molar-refractivity contribution in [3.05, 3.63) is 52.9 Å². The Balaban J connectivity index is 1.32. The monoisotopic (exact) mass is 446 g/mol. The van der Waals surface area contributed by atoms with Crippen LogP contribution in [0.2, 0.25) is 0 Å². The van der Waals surface area contributed by atoms with E-state index in [0.717, 1.165) is 55.6 Å². The van der Waals surface area contributed by atoms with Gasteiger partial charge in [0.2, 0.25) is 0 Å². The van der Waals surface area contributed by atoms with Gasteiger partial charge in [0.1, 0.15) is 5.75 Å². The smallest absolute Gasteiger partial charge is 0.165 e. The lowest BCUT2D eigenvalue weighted by Crippen LogP contribution is -2.42. The van der Waals surface area contributed by atoms with E-state index in [1.807, 2.05) is 19.4 Å². The molecule has 0 saturated heterocycles. The van der Waals surface area contributed by atoms with Crippen LogP contribution in [0.3, 0.4) is 0 Å². The molecular weight excluding hydrogens is 408 g/mol. The van der Waals surface area contributed by atoms with Crippen molar-refractivity contribution in [2.24, 2.45) is 24.3 Å². The van der Waals surface area contributed by atoms with Crippen LogP contribution in [0.5, 0.6) is 5.75 Å². The second kappa shape index (κ2) is 9.12. The van der Waals surface area contributed by atoms with Gasteiger partial charge in [0.15, 0.2) is 5.78 Å². The molecule has 2 aromatic rings. The van der Waals surface area contributed by atoms with E-state index >= 15 is 0 Å². The van der Waals surface area contributed by atoms with Gasteiger partial charge in [0, 0.05) is 24.2 Å². The maximum absolute atomic E-state index is 13.5. The van der Waals surface area contributed by atoms with Crippen LogP contribution < -0.4 is 4.74 Å². The summed E-state index contributed by atoms with van der Waals surface area (Å²) in [7, 11) is 1.92. The zero-order valence-electron chi connectivity index (χ0n) is 20.5. The highest BCUT2D eigenvalue weighted by atomic mass is 16.5. The molecule has 2 fully saturated rings. The van der Waals surface area contributed by atoms with Gasteiger partial charge in [-0.15, -0.1) is 0 Å². The third kappa shape index (κ3) is 4.18. The molecule has 0 spiro atoms. The fourth-order valence-corrected chi connectivity index (χ4v) is 6.88. The minimum atomic E-state index is -0.200. The van der Waals surface area contributed by atoms with Crippen molar-refractivity contribution >= 4 is 11.9 Å². The lowest BCUT2D eigenvalue weighted by molar-refractivity contribution is -0.127. The van der Waals surface area contributed by atoms with Crippen LogP contribution in [0.15, 0.2) is 36.2 Å². The van der Waals surface area contributed by atoms with Crippen LogP contribution in [-0.4, -0.2) is 22.2 Å². The van der Waals surface area contributed by atoms with Crippen molar-refractivity contribution in [1.29, 1.82) is 0 Å². The Bertz CT molecular complexity index is 1050. The van der Waals surface area contributed by atoms with Crippen LogP contribution in [0.4, 0.5) is 0 Å². The SMILES string of the molecule is CCCCCCOc1ccc2c(c1)CC[C@@H]1[C@@H]2CC[C@@]2(C)C(=O)/C(=C/c3cnn(C)c3)C[C@H]12. The molecule has 0 amide bonds. The summed E-state index contributed by atoms with van der Waals surface area (Å²) in [6, 6.07) is 6.81. The molecule has 0 aliphatic heterocycles. The summed E-state index contributed by atoms with van der Waals surface area (Å²) in [5.74, 6) is 3.04. The number of Topliss-reactive ketones (excluding diaryl/α,β-unsaturated/α-hetero) is 1. The van der Waals surface area contributed by atoms with Gasteiger partial charge in [-0.3, -0.25) is 9.48 Å². The largest absolute Gasteiger partial charge is 0.494 e. The number of carbonyl (C=O) groups is 1. The third-order valence-electron chi connectivity index (χ3n) is 8.67. The number of hydrogen-bond acceptors (Lipinski definition) is 3. The summed E-state index contributed by atoms with van der Waals surface area (Å²) < 4.78 is 7.87. The number of allylic oxidation sites excluding steroid dienone is 1. The van der Waals surface area contributed by atoms with E-state index in [0.29, 0.717) is 23.5 Å². The standard InChI is InChI=1S/C29H38N2O2/c1-4-5-6-7-14-33-23-9-11-24-21(16-23)8-10-26-25(24)12-13-29(2)27(26)17-22(28(29)32)15-20-18-30-31(3)19-20/h9,11,15-16,18-19,25-27H,4-8,10,12-14,17H2,1-3H3/b22-15+/t25-,26-,27-,29-/m1/s1. The van der Waals surface area contributed by atoms with Crippen LogP contribution in [-0.2, 0) is 18.3 Å². The predicted molar refractivity (Wildman–Crippen MR) is 132 cm³/mol. The van der Waals surface area contributed by atoms with Crippen molar-refractivity contribution in [2.75, 3.05) is 6.61 Å². The van der Waals surface area contributed by atoms with Crippen molar-refractivity contribution in [2.45, 2.75) is 77.6 Å². The molecule has 5 rings (SSSR count). The predicted octanol–water partition coefficient (Wildman–Crippen LogP) is 6.50. The number of carbonyl (C=O) groups excluding carboxylic acids is 1. The summed E-state index contributed by atoms with van der Waals surface area (Å²) in [6.45, 7) is 5.30. The van der Waals surface area contributed by atoms with Gasteiger partial charge < -0.3 is 4.74 Å². The average molecular weight is 447 g/mol. The van der Waals surface area contributed by atoms with Crippen LogP contribution in [0, 0.1) is 17.3 Å². The molecule has 3 aliphatic rings. The summed E-state index contributed by atoms with van der Waals surface area (Å²) in [4.78, 5) is 13.5. The number of aromatic nitrogens is 2. The van der Waals surface area contributed by atoms with E-state index in [1.165, 1.54) is 36.8 Å². The molecule has 3 aliphatic carbocycles. The van der Waals surface area contributed by atoms with Gasteiger partial charge in [0.25, 0.3) is 0 Å². The molecule has 4 heteroatoms. The topological polar surface area (TPSA) is 44.1 Å². The average Bonchev–Trinajstić information content (AvgIpc) is 3.34. The van der Waals surface area contributed by atoms with E-state index in [2.05, 4.69) is 43.2 Å². The second-order valence-electron chi connectivity index (χ2n) is 10.8. The van der Waals surface area contributed by atoms with Crippen LogP contribution in [0.25, 0.3) is 6.08 Å². The molecule has 1 aromatic heterocycles. The molecule has 0 bridgehead atoms. The number of aryl methyl sites for hydroxylation is 2. The number of ketones is 1. The number of fused-ring (bicyclic) bond motifs is 5. The van der Waals surface area contributed by atoms with Gasteiger partial charge in [-0.05, 0) is 91.2 Å². The van der Waals surface area contributed by atoms with Crippen LogP contribution in [0.1, 0.15) is 87.8 Å². The van der Waals surface area contributed by atoms with E-state index < -0.39 is 0 Å². The minimum absolute atomic E-state index is 0.200. The summed E-state index contributed by atoms with van der Waals surface area (Å²) in [6.07, 6.45) is 16.2. The van der Waals surface area contributed by atoms with Gasteiger partial charge in [-0.1, -0.05) is 39.2 Å². The number of rotatable bonds is 7. The first-order chi connectivity index (χ1) is 16.0. The molecule has 0 N–H and O–H groups in total. The van der Waals surface area contributed by atoms with Gasteiger partial charge in [-0.25, -0.2) is 0 Å². The quantitative estimate of drug-likeness (QED) is 0.360. The number of unbranched alkanes of at least 4 members (excludes halogenated alkanes) is 3. The Kier molecular flexibility index (Phi) is 6.20. The van der Waals surface area contributed by atoms with E-state index in [4.69, 9.17) is 4.74 Å². The number of hydrogen-bond donors (Lipinski definition) is 0. The van der Waals surface area contributed by atoms with Gasteiger partial charge >= 0.3 is 0 Å². The first-order valence-electron chi connectivity index (χ1n) is 13.0. The number of nitrogens with zero attached hydrogens (tertiary/aromatic N) is 2. The Labute approximate surface area is 198 Å². The normalized spacial score (nSPS) is 29.6. The lowest BCUT2D eigenvalue weighted by Gasteiger charge is -2.48. The summed E-state index contributed by atoms with van der Waals surface area (Å²) >= 11 is 0. The molecule has 2 saturated carbocycles. The molecule has 1 heterocycles. The zero-order chi connectivity index (χ0) is 23.0. The molecule has 33 heavy (non-hydrogen) atoms. The summed E-state index contributed by atoms with van der Waals surface area (Å²) in [5.41, 5.74) is 4.84. The Hall–Kier alpha value is -2.36. The molecule has 1 aromatic carbocycles. The Morgan fingerprint density at radius 2 is 2.12 bits per heavy atom. The maximum Gasteiger partial charge on any atom is 0.165 e. The molecule has 176 valence electrons.